The van der Waals surface area contributed by atoms with Crippen LogP contribution in [0.1, 0.15) is 26.3 Å². The van der Waals surface area contributed by atoms with Gasteiger partial charge in [-0.15, -0.1) is 0 Å². The Bertz CT molecular complexity index is 350. The molecule has 1 unspecified atom stereocenters. The molecule has 3 nitrogen and oxygen atoms in total. The third kappa shape index (κ3) is 4.00. The Morgan fingerprint density at radius 3 is 2.28 bits per heavy atom. The summed E-state index contributed by atoms with van der Waals surface area (Å²) >= 11 is 0. The summed E-state index contributed by atoms with van der Waals surface area (Å²) in [7, 11) is 0. The molecule has 0 aliphatic heterocycles. The van der Waals surface area contributed by atoms with E-state index in [9.17, 15) is 5.11 Å². The SMILES string of the molecule is CCNC(C)(CO)CN(CC)c1ccc(C)cc1. The van der Waals surface area contributed by atoms with Crippen LogP contribution in [0.25, 0.3) is 0 Å². The quantitative estimate of drug-likeness (QED) is 0.778. The van der Waals surface area contributed by atoms with Gasteiger partial charge in [0.2, 0.25) is 0 Å². The topological polar surface area (TPSA) is 35.5 Å². The second kappa shape index (κ2) is 6.76. The Balaban J connectivity index is 2.80. The standard InChI is InChI=1S/C15H26N2O/c1-5-16-15(4,12-18)11-17(6-2)14-9-7-13(3)8-10-14/h7-10,16,18H,5-6,11-12H2,1-4H3. The first-order valence-electron chi connectivity index (χ1n) is 6.72. The molecule has 0 saturated carbocycles. The van der Waals surface area contributed by atoms with Gasteiger partial charge in [-0.25, -0.2) is 0 Å². The summed E-state index contributed by atoms with van der Waals surface area (Å²) in [5.74, 6) is 0. The molecule has 1 rings (SSSR count). The molecule has 0 fully saturated rings. The summed E-state index contributed by atoms with van der Waals surface area (Å²) in [5, 5.41) is 12.9. The lowest BCUT2D eigenvalue weighted by molar-refractivity contribution is 0.180. The molecule has 0 bridgehead atoms. The van der Waals surface area contributed by atoms with Crippen molar-refractivity contribution in [2.45, 2.75) is 33.2 Å². The van der Waals surface area contributed by atoms with Gasteiger partial charge in [-0.05, 0) is 39.4 Å². The number of anilines is 1. The smallest absolute Gasteiger partial charge is 0.0627 e. The summed E-state index contributed by atoms with van der Waals surface area (Å²) in [5.41, 5.74) is 2.22. The molecule has 1 aromatic rings. The zero-order valence-corrected chi connectivity index (χ0v) is 12.0. The van der Waals surface area contributed by atoms with Crippen LogP contribution in [0.15, 0.2) is 24.3 Å². The fourth-order valence-electron chi connectivity index (χ4n) is 2.15. The van der Waals surface area contributed by atoms with Crippen molar-refractivity contribution >= 4 is 5.69 Å². The van der Waals surface area contributed by atoms with Crippen LogP contribution in [0, 0.1) is 6.92 Å². The van der Waals surface area contributed by atoms with Crippen molar-refractivity contribution in [3.05, 3.63) is 29.8 Å². The minimum Gasteiger partial charge on any atom is -0.394 e. The van der Waals surface area contributed by atoms with E-state index in [1.54, 1.807) is 0 Å². The van der Waals surface area contributed by atoms with Gasteiger partial charge >= 0.3 is 0 Å². The second-order valence-corrected chi connectivity index (χ2v) is 5.10. The molecule has 3 heteroatoms. The number of nitrogens with one attached hydrogen (secondary N) is 1. The first-order valence-corrected chi connectivity index (χ1v) is 6.72. The molecule has 0 aliphatic carbocycles. The first-order chi connectivity index (χ1) is 8.54. The Morgan fingerprint density at radius 1 is 1.22 bits per heavy atom. The molecule has 0 aromatic heterocycles. The Labute approximate surface area is 111 Å². The molecule has 2 N–H and O–H groups in total. The van der Waals surface area contributed by atoms with Crippen LogP contribution in [-0.4, -0.2) is 36.9 Å². The van der Waals surface area contributed by atoms with Crippen LogP contribution in [0.3, 0.4) is 0 Å². The number of aliphatic hydroxyl groups is 1. The summed E-state index contributed by atoms with van der Waals surface area (Å²) < 4.78 is 0. The van der Waals surface area contributed by atoms with Crippen LogP contribution < -0.4 is 10.2 Å². The predicted molar refractivity (Wildman–Crippen MR) is 78.2 cm³/mol. The third-order valence-corrected chi connectivity index (χ3v) is 3.27. The van der Waals surface area contributed by atoms with Crippen molar-refractivity contribution < 1.29 is 5.11 Å². The Kier molecular flexibility index (Phi) is 5.63. The molecule has 0 saturated heterocycles. The van der Waals surface area contributed by atoms with Crippen LogP contribution >= 0.6 is 0 Å². The lowest BCUT2D eigenvalue weighted by Gasteiger charge is -2.35. The molecule has 0 heterocycles. The van der Waals surface area contributed by atoms with Gasteiger partial charge in [0.1, 0.15) is 0 Å². The number of hydrogen-bond donors (Lipinski definition) is 2. The zero-order chi connectivity index (χ0) is 13.6. The number of aliphatic hydroxyl groups excluding tert-OH is 1. The zero-order valence-electron chi connectivity index (χ0n) is 12.0. The van der Waals surface area contributed by atoms with Gasteiger partial charge < -0.3 is 15.3 Å². The fraction of sp³-hybridized carbons (Fsp3) is 0.600. The molecule has 0 aliphatic rings. The first kappa shape index (κ1) is 15.0. The molecule has 0 radical (unpaired) electrons. The number of hydrogen-bond acceptors (Lipinski definition) is 3. The summed E-state index contributed by atoms with van der Waals surface area (Å²) in [4.78, 5) is 2.29. The summed E-state index contributed by atoms with van der Waals surface area (Å²) in [6, 6.07) is 8.54. The van der Waals surface area contributed by atoms with Gasteiger partial charge in [-0.1, -0.05) is 24.6 Å². The molecule has 0 amide bonds. The molecule has 18 heavy (non-hydrogen) atoms. The normalized spacial score (nSPS) is 14.3. The second-order valence-electron chi connectivity index (χ2n) is 5.10. The number of likely N-dealkylation sites (N-methyl/N-ethyl adjacent to an activating group) is 2. The van der Waals surface area contributed by atoms with E-state index < -0.39 is 0 Å². The van der Waals surface area contributed by atoms with E-state index in [-0.39, 0.29) is 12.1 Å². The van der Waals surface area contributed by atoms with Gasteiger partial charge in [-0.2, -0.15) is 0 Å². The highest BCUT2D eigenvalue weighted by Gasteiger charge is 2.24. The van der Waals surface area contributed by atoms with Crippen molar-refractivity contribution in [2.75, 3.05) is 31.1 Å². The van der Waals surface area contributed by atoms with Crippen LogP contribution in [0.2, 0.25) is 0 Å². The van der Waals surface area contributed by atoms with Crippen molar-refractivity contribution in [1.29, 1.82) is 0 Å². The summed E-state index contributed by atoms with van der Waals surface area (Å²) in [6.45, 7) is 11.1. The maximum Gasteiger partial charge on any atom is 0.0627 e. The minimum atomic E-state index is -0.254. The van der Waals surface area contributed by atoms with Crippen molar-refractivity contribution in [1.82, 2.24) is 5.32 Å². The Morgan fingerprint density at radius 2 is 1.83 bits per heavy atom. The van der Waals surface area contributed by atoms with Crippen LogP contribution in [0.5, 0.6) is 0 Å². The van der Waals surface area contributed by atoms with E-state index in [4.69, 9.17) is 0 Å². The molecular weight excluding hydrogens is 224 g/mol. The van der Waals surface area contributed by atoms with Crippen molar-refractivity contribution in [3.63, 3.8) is 0 Å². The van der Waals surface area contributed by atoms with E-state index in [1.807, 2.05) is 0 Å². The van der Waals surface area contributed by atoms with Crippen LogP contribution in [0.4, 0.5) is 5.69 Å². The van der Waals surface area contributed by atoms with E-state index in [0.717, 1.165) is 19.6 Å². The van der Waals surface area contributed by atoms with Gasteiger partial charge in [-0.3, -0.25) is 0 Å². The highest BCUT2D eigenvalue weighted by atomic mass is 16.3. The fourth-order valence-corrected chi connectivity index (χ4v) is 2.15. The molecule has 102 valence electrons. The lowest BCUT2D eigenvalue weighted by atomic mass is 10.0. The monoisotopic (exact) mass is 250 g/mol. The predicted octanol–water partition coefficient (Wildman–Crippen LogP) is 2.18. The van der Waals surface area contributed by atoms with Gasteiger partial charge in [0.15, 0.2) is 0 Å². The number of nitrogens with zero attached hydrogens (tertiary/aromatic N) is 1. The van der Waals surface area contributed by atoms with Gasteiger partial charge in [0, 0.05) is 18.8 Å². The Hall–Kier alpha value is -1.06. The van der Waals surface area contributed by atoms with Crippen molar-refractivity contribution in [3.8, 4) is 0 Å². The average molecular weight is 250 g/mol. The maximum absolute atomic E-state index is 9.56. The number of benzene rings is 1. The van der Waals surface area contributed by atoms with E-state index in [0.29, 0.717) is 0 Å². The largest absolute Gasteiger partial charge is 0.394 e. The molecule has 0 spiro atoms. The van der Waals surface area contributed by atoms with Crippen molar-refractivity contribution in [2.24, 2.45) is 0 Å². The van der Waals surface area contributed by atoms with E-state index in [2.05, 4.69) is 62.2 Å². The third-order valence-electron chi connectivity index (χ3n) is 3.27. The number of rotatable bonds is 7. The van der Waals surface area contributed by atoms with Gasteiger partial charge in [0.05, 0.1) is 12.1 Å². The van der Waals surface area contributed by atoms with Crippen LogP contribution in [-0.2, 0) is 0 Å². The average Bonchev–Trinajstić information content (AvgIpc) is 2.37. The molecule has 1 atom stereocenters. The highest BCUT2D eigenvalue weighted by Crippen LogP contribution is 2.17. The minimum absolute atomic E-state index is 0.142. The maximum atomic E-state index is 9.56. The summed E-state index contributed by atoms with van der Waals surface area (Å²) in [6.07, 6.45) is 0. The highest BCUT2D eigenvalue weighted by molar-refractivity contribution is 5.47. The number of aryl methyl sites for hydroxylation is 1. The van der Waals surface area contributed by atoms with E-state index >= 15 is 0 Å². The lowest BCUT2D eigenvalue weighted by Crippen LogP contribution is -2.54. The molecule has 1 aromatic carbocycles. The van der Waals surface area contributed by atoms with Gasteiger partial charge in [0.25, 0.3) is 0 Å². The molecular formula is C15H26N2O. The van der Waals surface area contributed by atoms with E-state index in [1.165, 1.54) is 11.3 Å².